The average molecular weight is 491 g/mol. The number of rotatable bonds is 3. The van der Waals surface area contributed by atoms with Crippen molar-refractivity contribution in [2.24, 2.45) is 4.99 Å². The molecule has 3 aliphatic rings. The maximum atomic E-state index is 13.1. The molecule has 168 valence electrons. The first kappa shape index (κ1) is 21.6. The van der Waals surface area contributed by atoms with Gasteiger partial charge >= 0.3 is 0 Å². The Balaban J connectivity index is 1.25. The molecule has 2 atom stereocenters. The monoisotopic (exact) mass is 490 g/mol. The molecular weight excluding hydrogens is 468 g/mol. The lowest BCUT2D eigenvalue weighted by Gasteiger charge is -2.36. The predicted octanol–water partition coefficient (Wildman–Crippen LogP) is 2.98. The minimum Gasteiger partial charge on any atom is -0.368 e. The highest BCUT2D eigenvalue weighted by molar-refractivity contribution is 8.15. The highest BCUT2D eigenvalue weighted by atomic mass is 35.5. The molecule has 0 bridgehead atoms. The Morgan fingerprint density at radius 3 is 2.53 bits per heavy atom. The smallest absolute Gasteiger partial charge is 0.254 e. The largest absolute Gasteiger partial charge is 0.368 e. The molecule has 2 aromatic rings. The highest BCUT2D eigenvalue weighted by Gasteiger charge is 2.42. The molecule has 0 unspecified atom stereocenters. The van der Waals surface area contributed by atoms with Gasteiger partial charge in [0.15, 0.2) is 15.0 Å². The summed E-state index contributed by atoms with van der Waals surface area (Å²) in [7, 11) is -3.00. The number of amides is 1. The Morgan fingerprint density at radius 2 is 1.81 bits per heavy atom. The molecule has 0 aromatic heterocycles. The number of carbonyl (C=O) groups excluding carboxylic acids is 1. The van der Waals surface area contributed by atoms with Crippen LogP contribution in [0.15, 0.2) is 53.5 Å². The van der Waals surface area contributed by atoms with E-state index in [1.807, 2.05) is 23.1 Å². The molecule has 7 nitrogen and oxygen atoms in total. The molecule has 10 heteroatoms. The first-order valence-electron chi connectivity index (χ1n) is 10.5. The van der Waals surface area contributed by atoms with Crippen LogP contribution in [0.25, 0.3) is 0 Å². The highest BCUT2D eigenvalue weighted by Crippen LogP contribution is 2.35. The number of halogens is 1. The maximum absolute atomic E-state index is 13.1. The molecule has 32 heavy (non-hydrogen) atoms. The van der Waals surface area contributed by atoms with Gasteiger partial charge in [0.1, 0.15) is 0 Å². The molecule has 3 aliphatic heterocycles. The number of para-hydroxylation sites is 1. The third-order valence-corrected chi connectivity index (χ3v) is 9.43. The maximum Gasteiger partial charge on any atom is 0.254 e. The molecule has 3 heterocycles. The van der Waals surface area contributed by atoms with Gasteiger partial charge in [-0.2, -0.15) is 0 Å². The van der Waals surface area contributed by atoms with Crippen LogP contribution < -0.4 is 10.2 Å². The molecular formula is C22H23ClN4O3S2. The molecule has 2 fully saturated rings. The van der Waals surface area contributed by atoms with E-state index in [1.165, 1.54) is 17.4 Å². The van der Waals surface area contributed by atoms with E-state index in [0.717, 1.165) is 13.1 Å². The van der Waals surface area contributed by atoms with Gasteiger partial charge in [-0.05, 0) is 30.3 Å². The summed E-state index contributed by atoms with van der Waals surface area (Å²) in [5.41, 5.74) is 2.34. The SMILES string of the molecule is O=C(c1ccc(Cl)c(NC2=N[C@H]3CS(=O)(=O)C[C@@H]3S2)c1)N1CCN(c2ccccc2)CC1. The number of anilines is 2. The zero-order valence-corrected chi connectivity index (χ0v) is 19.7. The normalized spacial score (nSPS) is 24.2. The van der Waals surface area contributed by atoms with Crippen LogP contribution in [-0.2, 0) is 9.84 Å². The Labute approximate surface area is 196 Å². The Hall–Kier alpha value is -2.23. The third kappa shape index (κ3) is 4.46. The van der Waals surface area contributed by atoms with Crippen molar-refractivity contribution in [1.29, 1.82) is 0 Å². The van der Waals surface area contributed by atoms with Gasteiger partial charge in [0.2, 0.25) is 0 Å². The number of hydrogen-bond acceptors (Lipinski definition) is 7. The summed E-state index contributed by atoms with van der Waals surface area (Å²) in [6, 6.07) is 15.2. The molecule has 5 rings (SSSR count). The zero-order valence-electron chi connectivity index (χ0n) is 17.3. The molecule has 2 aromatic carbocycles. The van der Waals surface area contributed by atoms with Crippen LogP contribution >= 0.6 is 23.4 Å². The van der Waals surface area contributed by atoms with Crippen LogP contribution in [0.4, 0.5) is 11.4 Å². The number of piperazine rings is 1. The van der Waals surface area contributed by atoms with Gasteiger partial charge in [-0.15, -0.1) is 0 Å². The van der Waals surface area contributed by atoms with Crippen LogP contribution in [-0.4, -0.2) is 73.4 Å². The Kier molecular flexibility index (Phi) is 5.81. The van der Waals surface area contributed by atoms with Gasteiger partial charge in [-0.25, -0.2) is 8.42 Å². The number of sulfone groups is 1. The zero-order chi connectivity index (χ0) is 22.3. The lowest BCUT2D eigenvalue weighted by atomic mass is 10.1. The lowest BCUT2D eigenvalue weighted by Crippen LogP contribution is -2.48. The van der Waals surface area contributed by atoms with E-state index in [2.05, 4.69) is 27.3 Å². The molecule has 0 saturated carbocycles. The Morgan fingerprint density at radius 1 is 1.06 bits per heavy atom. The van der Waals surface area contributed by atoms with E-state index in [-0.39, 0.29) is 28.7 Å². The summed E-state index contributed by atoms with van der Waals surface area (Å²) in [4.78, 5) is 21.8. The van der Waals surface area contributed by atoms with Crippen molar-refractivity contribution < 1.29 is 13.2 Å². The van der Waals surface area contributed by atoms with Gasteiger partial charge in [0, 0.05) is 42.7 Å². The first-order chi connectivity index (χ1) is 15.4. The first-order valence-corrected chi connectivity index (χ1v) is 13.6. The van der Waals surface area contributed by atoms with Gasteiger partial charge in [0.25, 0.3) is 5.91 Å². The van der Waals surface area contributed by atoms with E-state index < -0.39 is 9.84 Å². The van der Waals surface area contributed by atoms with Crippen LogP contribution in [0.2, 0.25) is 5.02 Å². The fraction of sp³-hybridized carbons (Fsp3) is 0.364. The molecule has 1 N–H and O–H groups in total. The predicted molar refractivity (Wildman–Crippen MR) is 131 cm³/mol. The summed E-state index contributed by atoms with van der Waals surface area (Å²) >= 11 is 7.79. The number of amidine groups is 1. The summed E-state index contributed by atoms with van der Waals surface area (Å²) in [6.07, 6.45) is 0. The van der Waals surface area contributed by atoms with E-state index in [1.54, 1.807) is 18.2 Å². The fourth-order valence-corrected chi connectivity index (χ4v) is 8.11. The third-order valence-electron chi connectivity index (χ3n) is 5.96. The molecule has 0 radical (unpaired) electrons. The van der Waals surface area contributed by atoms with Crippen molar-refractivity contribution in [2.45, 2.75) is 11.3 Å². The number of benzene rings is 2. The Bertz CT molecular complexity index is 1160. The van der Waals surface area contributed by atoms with Crippen LogP contribution in [0.3, 0.4) is 0 Å². The molecule has 0 aliphatic carbocycles. The van der Waals surface area contributed by atoms with Gasteiger partial charge in [-0.3, -0.25) is 9.79 Å². The minimum absolute atomic E-state index is 0.0265. The van der Waals surface area contributed by atoms with E-state index in [0.29, 0.717) is 34.5 Å². The van der Waals surface area contributed by atoms with E-state index >= 15 is 0 Å². The van der Waals surface area contributed by atoms with Crippen molar-refractivity contribution >= 4 is 55.6 Å². The van der Waals surface area contributed by atoms with Gasteiger partial charge in [0.05, 0.1) is 28.3 Å². The van der Waals surface area contributed by atoms with Crippen molar-refractivity contribution in [3.05, 3.63) is 59.1 Å². The number of thioether (sulfide) groups is 1. The second-order valence-corrected chi connectivity index (χ2v) is 12.0. The van der Waals surface area contributed by atoms with Gasteiger partial charge in [-0.1, -0.05) is 41.6 Å². The summed E-state index contributed by atoms with van der Waals surface area (Å²) in [6.45, 7) is 2.88. The quantitative estimate of drug-likeness (QED) is 0.712. The second kappa shape index (κ2) is 8.61. The van der Waals surface area contributed by atoms with Crippen LogP contribution in [0.5, 0.6) is 0 Å². The number of carbonyl (C=O) groups is 1. The minimum atomic E-state index is -3.00. The fourth-order valence-electron chi connectivity index (χ4n) is 4.27. The standard InChI is InChI=1S/C22H23ClN4O3S2/c23-17-7-6-15(12-18(17)24-22-25-19-13-32(29,30)14-20(19)31-22)21(28)27-10-8-26(9-11-27)16-4-2-1-3-5-16/h1-7,12,19-20H,8-11,13-14H2,(H,24,25)/t19-,20-/m0/s1. The van der Waals surface area contributed by atoms with Crippen molar-refractivity contribution in [3.8, 4) is 0 Å². The van der Waals surface area contributed by atoms with E-state index in [9.17, 15) is 13.2 Å². The number of aliphatic imine (C=N–C) groups is 1. The van der Waals surface area contributed by atoms with Gasteiger partial charge < -0.3 is 15.1 Å². The average Bonchev–Trinajstić information content (AvgIpc) is 3.28. The molecule has 1 amide bonds. The van der Waals surface area contributed by atoms with E-state index in [4.69, 9.17) is 11.6 Å². The van der Waals surface area contributed by atoms with Crippen LogP contribution in [0, 0.1) is 0 Å². The van der Waals surface area contributed by atoms with Crippen LogP contribution in [0.1, 0.15) is 10.4 Å². The topological polar surface area (TPSA) is 82.1 Å². The number of fused-ring (bicyclic) bond motifs is 1. The number of hydrogen-bond donors (Lipinski definition) is 1. The lowest BCUT2D eigenvalue weighted by molar-refractivity contribution is 0.0747. The summed E-state index contributed by atoms with van der Waals surface area (Å²) in [5.74, 6) is 0.219. The number of nitrogens with one attached hydrogen (secondary N) is 1. The van der Waals surface area contributed by atoms with Crippen molar-refractivity contribution in [3.63, 3.8) is 0 Å². The summed E-state index contributed by atoms with van der Waals surface area (Å²) in [5, 5.41) is 4.29. The van der Waals surface area contributed by atoms with Crippen molar-refractivity contribution in [1.82, 2.24) is 4.90 Å². The summed E-state index contributed by atoms with van der Waals surface area (Å²) < 4.78 is 23.5. The number of nitrogens with zero attached hydrogens (tertiary/aromatic N) is 3. The van der Waals surface area contributed by atoms with Crippen molar-refractivity contribution in [2.75, 3.05) is 47.9 Å². The second-order valence-electron chi connectivity index (χ2n) is 8.17. The molecule has 2 saturated heterocycles. The molecule has 0 spiro atoms.